The predicted molar refractivity (Wildman–Crippen MR) is 86.8 cm³/mol. The zero-order chi connectivity index (χ0) is 15.9. The van der Waals surface area contributed by atoms with Crippen molar-refractivity contribution >= 4 is 10.0 Å². The number of primary sulfonamides is 1. The molecule has 2 N–H and O–H groups in total. The molecule has 4 nitrogen and oxygen atoms in total. The molecule has 118 valence electrons. The maximum atomic E-state index is 11.7. The minimum atomic E-state index is -3.52. The first-order valence-corrected chi connectivity index (χ1v) is 8.75. The van der Waals surface area contributed by atoms with Crippen molar-refractivity contribution in [2.45, 2.75) is 37.9 Å². The minimum absolute atomic E-state index is 0.00614. The van der Waals surface area contributed by atoms with E-state index in [4.69, 9.17) is 9.88 Å². The second-order valence-electron chi connectivity index (χ2n) is 5.37. The van der Waals surface area contributed by atoms with Gasteiger partial charge >= 0.3 is 0 Å². The number of sulfonamides is 1. The van der Waals surface area contributed by atoms with Crippen molar-refractivity contribution < 1.29 is 13.2 Å². The number of benzene rings is 1. The van der Waals surface area contributed by atoms with Gasteiger partial charge in [-0.25, -0.2) is 13.6 Å². The predicted octanol–water partition coefficient (Wildman–Crippen LogP) is 2.89. The molecule has 0 radical (unpaired) electrons. The van der Waals surface area contributed by atoms with Crippen molar-refractivity contribution in [2.24, 2.45) is 11.1 Å². The fourth-order valence-corrected chi connectivity index (χ4v) is 3.74. The zero-order valence-corrected chi connectivity index (χ0v) is 13.6. The van der Waals surface area contributed by atoms with Gasteiger partial charge in [-0.05, 0) is 49.3 Å². The van der Waals surface area contributed by atoms with Crippen molar-refractivity contribution in [1.29, 1.82) is 0 Å². The minimum Gasteiger partial charge on any atom is -0.497 e. The molecule has 1 aromatic rings. The Morgan fingerprint density at radius 3 is 2.43 bits per heavy atom. The van der Waals surface area contributed by atoms with E-state index in [1.165, 1.54) is 5.56 Å². The Bertz CT molecular complexity index is 537. The Morgan fingerprint density at radius 1 is 1.33 bits per heavy atom. The van der Waals surface area contributed by atoms with E-state index < -0.39 is 15.3 Å². The summed E-state index contributed by atoms with van der Waals surface area (Å²) in [4.78, 5) is 0. The van der Waals surface area contributed by atoms with Crippen LogP contribution in [0.2, 0.25) is 0 Å². The molecule has 1 aromatic carbocycles. The second kappa shape index (κ2) is 8.20. The lowest BCUT2D eigenvalue weighted by Crippen LogP contribution is -2.34. The Labute approximate surface area is 128 Å². The molecule has 1 rings (SSSR count). The molecular weight excluding hydrogens is 286 g/mol. The third-order valence-corrected chi connectivity index (χ3v) is 5.25. The Morgan fingerprint density at radius 2 is 1.95 bits per heavy atom. The van der Waals surface area contributed by atoms with Crippen molar-refractivity contribution in [3.63, 3.8) is 0 Å². The summed E-state index contributed by atoms with van der Waals surface area (Å²) in [6.07, 6.45) is 4.58. The molecule has 0 saturated heterocycles. The third-order valence-electron chi connectivity index (χ3n) is 3.71. The third kappa shape index (κ3) is 5.89. The van der Waals surface area contributed by atoms with Gasteiger partial charge in [-0.3, -0.25) is 0 Å². The van der Waals surface area contributed by atoms with Crippen LogP contribution in [0.15, 0.2) is 36.9 Å². The molecule has 0 saturated carbocycles. The fraction of sp³-hybridized carbons (Fsp3) is 0.500. The van der Waals surface area contributed by atoms with Gasteiger partial charge in [0.05, 0.1) is 12.4 Å². The fourth-order valence-electron chi connectivity index (χ4n) is 2.49. The van der Waals surface area contributed by atoms with E-state index in [0.29, 0.717) is 12.8 Å². The number of nitrogens with two attached hydrogens (primary N) is 1. The molecule has 0 spiro atoms. The molecule has 5 heteroatoms. The van der Waals surface area contributed by atoms with Gasteiger partial charge in [0.15, 0.2) is 0 Å². The summed E-state index contributed by atoms with van der Waals surface area (Å²) in [5.74, 6) is 0.814. The lowest BCUT2D eigenvalue weighted by atomic mass is 9.98. The Kier molecular flexibility index (Phi) is 6.92. The van der Waals surface area contributed by atoms with E-state index in [-0.39, 0.29) is 5.92 Å². The SMILES string of the molecule is C=CCC(C)C(CCCc1ccc(OC)cc1)S(N)(=O)=O. The molecule has 2 atom stereocenters. The number of hydrogen-bond acceptors (Lipinski definition) is 3. The highest BCUT2D eigenvalue weighted by atomic mass is 32.2. The van der Waals surface area contributed by atoms with Crippen LogP contribution in [0.4, 0.5) is 0 Å². The molecule has 0 aliphatic heterocycles. The van der Waals surface area contributed by atoms with E-state index in [1.807, 2.05) is 31.2 Å². The van der Waals surface area contributed by atoms with Crippen LogP contribution in [0.5, 0.6) is 5.75 Å². The van der Waals surface area contributed by atoms with Crippen molar-refractivity contribution in [1.82, 2.24) is 0 Å². The van der Waals surface area contributed by atoms with Crippen LogP contribution >= 0.6 is 0 Å². The molecule has 0 heterocycles. The number of aryl methyl sites for hydroxylation is 1. The van der Waals surface area contributed by atoms with Gasteiger partial charge in [0, 0.05) is 0 Å². The Hall–Kier alpha value is -1.33. The average molecular weight is 311 g/mol. The van der Waals surface area contributed by atoms with Crippen molar-refractivity contribution in [3.05, 3.63) is 42.5 Å². The first-order valence-electron chi connectivity index (χ1n) is 7.14. The molecule has 2 unspecified atom stereocenters. The summed E-state index contributed by atoms with van der Waals surface area (Å²) in [6, 6.07) is 7.82. The van der Waals surface area contributed by atoms with Gasteiger partial charge in [-0.15, -0.1) is 6.58 Å². The maximum absolute atomic E-state index is 11.7. The highest BCUT2D eigenvalue weighted by Gasteiger charge is 2.26. The van der Waals surface area contributed by atoms with E-state index in [0.717, 1.165) is 18.6 Å². The molecule has 0 amide bonds. The quantitative estimate of drug-likeness (QED) is 0.713. The van der Waals surface area contributed by atoms with Gasteiger partial charge in [0.25, 0.3) is 0 Å². The van der Waals surface area contributed by atoms with Gasteiger partial charge < -0.3 is 4.74 Å². The van der Waals surface area contributed by atoms with Crippen LogP contribution in [0.25, 0.3) is 0 Å². The van der Waals surface area contributed by atoms with Crippen LogP contribution in [-0.4, -0.2) is 20.8 Å². The van der Waals surface area contributed by atoms with Crippen LogP contribution in [0.1, 0.15) is 31.7 Å². The monoisotopic (exact) mass is 311 g/mol. The van der Waals surface area contributed by atoms with Gasteiger partial charge in [0.1, 0.15) is 5.75 Å². The first-order chi connectivity index (χ1) is 9.88. The van der Waals surface area contributed by atoms with Gasteiger partial charge in [-0.2, -0.15) is 0 Å². The Balaban J connectivity index is 2.58. The largest absolute Gasteiger partial charge is 0.497 e. The average Bonchev–Trinajstić information content (AvgIpc) is 2.43. The molecular formula is C16H25NO3S. The van der Waals surface area contributed by atoms with Crippen LogP contribution in [0, 0.1) is 5.92 Å². The highest BCUT2D eigenvalue weighted by molar-refractivity contribution is 7.89. The zero-order valence-electron chi connectivity index (χ0n) is 12.8. The van der Waals surface area contributed by atoms with Crippen LogP contribution in [0.3, 0.4) is 0 Å². The van der Waals surface area contributed by atoms with Gasteiger partial charge in [0.2, 0.25) is 10.0 Å². The number of hydrogen-bond donors (Lipinski definition) is 1. The summed E-state index contributed by atoms with van der Waals surface area (Å²) in [6.45, 7) is 5.57. The molecule has 0 aliphatic rings. The van der Waals surface area contributed by atoms with Crippen LogP contribution in [-0.2, 0) is 16.4 Å². The summed E-state index contributed by atoms with van der Waals surface area (Å²) < 4.78 is 28.5. The molecule has 0 bridgehead atoms. The highest BCUT2D eigenvalue weighted by Crippen LogP contribution is 2.21. The van der Waals surface area contributed by atoms with E-state index in [9.17, 15) is 8.42 Å². The number of methoxy groups -OCH3 is 1. The molecule has 21 heavy (non-hydrogen) atoms. The van der Waals surface area contributed by atoms with E-state index in [1.54, 1.807) is 13.2 Å². The first kappa shape index (κ1) is 17.7. The summed E-state index contributed by atoms with van der Waals surface area (Å²) in [5, 5.41) is 4.84. The van der Waals surface area contributed by atoms with Crippen molar-refractivity contribution in [2.75, 3.05) is 7.11 Å². The summed E-state index contributed by atoms with van der Waals surface area (Å²) in [5.41, 5.74) is 1.17. The topological polar surface area (TPSA) is 69.4 Å². The molecule has 0 aliphatic carbocycles. The van der Waals surface area contributed by atoms with E-state index in [2.05, 4.69) is 6.58 Å². The maximum Gasteiger partial charge on any atom is 0.212 e. The summed E-state index contributed by atoms with van der Waals surface area (Å²) in [7, 11) is -1.89. The lowest BCUT2D eigenvalue weighted by molar-refractivity contribution is 0.414. The lowest BCUT2D eigenvalue weighted by Gasteiger charge is -2.20. The second-order valence-corrected chi connectivity index (χ2v) is 7.15. The molecule has 0 fully saturated rings. The van der Waals surface area contributed by atoms with Crippen molar-refractivity contribution in [3.8, 4) is 5.75 Å². The van der Waals surface area contributed by atoms with Gasteiger partial charge in [-0.1, -0.05) is 25.1 Å². The van der Waals surface area contributed by atoms with Crippen LogP contribution < -0.4 is 9.88 Å². The number of allylic oxidation sites excluding steroid dienone is 1. The van der Waals surface area contributed by atoms with E-state index >= 15 is 0 Å². The normalized spacial score (nSPS) is 14.4. The number of rotatable bonds is 9. The smallest absolute Gasteiger partial charge is 0.212 e. The standard InChI is InChI=1S/C16H25NO3S/c1-4-6-13(2)16(21(17,18)19)8-5-7-14-9-11-15(20-3)12-10-14/h4,9-13,16H,1,5-8H2,2-3H3,(H2,17,18,19). The molecule has 0 aromatic heterocycles. The number of ether oxygens (including phenoxy) is 1. The summed E-state index contributed by atoms with van der Waals surface area (Å²) >= 11 is 0.